The quantitative estimate of drug-likeness (QED) is 0.874. The molecule has 1 aromatic carbocycles. The minimum Gasteiger partial charge on any atom is -0.312 e. The number of aryl methyl sites for hydroxylation is 2. The molecular weight excluding hydrogens is 320 g/mol. The Hall–Kier alpha value is -0.710. The van der Waals surface area contributed by atoms with Gasteiger partial charge in [0.15, 0.2) is 0 Å². The number of aromatic nitrogens is 1. The van der Waals surface area contributed by atoms with Crippen molar-refractivity contribution in [1.82, 2.24) is 10.3 Å². The Bertz CT molecular complexity index is 606. The number of fused-ring (bicyclic) bond motifs is 1. The van der Waals surface area contributed by atoms with Crippen molar-refractivity contribution in [1.29, 1.82) is 0 Å². The summed E-state index contributed by atoms with van der Waals surface area (Å²) in [4.78, 5) is 6.31. The number of hydrogen-bond acceptors (Lipinski definition) is 3. The summed E-state index contributed by atoms with van der Waals surface area (Å²) in [5, 5.41) is 4.58. The molecular formula is C15H17BrN2S. The Morgan fingerprint density at radius 1 is 1.42 bits per heavy atom. The van der Waals surface area contributed by atoms with Crippen LogP contribution >= 0.6 is 27.3 Å². The van der Waals surface area contributed by atoms with Crippen molar-refractivity contribution in [3.05, 3.63) is 38.8 Å². The van der Waals surface area contributed by atoms with Gasteiger partial charge in [-0.3, -0.25) is 0 Å². The topological polar surface area (TPSA) is 24.9 Å². The fourth-order valence-electron chi connectivity index (χ4n) is 2.68. The summed E-state index contributed by atoms with van der Waals surface area (Å²) in [5.41, 5.74) is 3.84. The lowest BCUT2D eigenvalue weighted by Crippen LogP contribution is -2.19. The number of hydrogen-bond donors (Lipinski definition) is 1. The number of nitrogens with zero attached hydrogens (tertiary/aromatic N) is 1. The number of thiazole rings is 1. The Morgan fingerprint density at radius 2 is 2.26 bits per heavy atom. The summed E-state index contributed by atoms with van der Waals surface area (Å²) in [6, 6.07) is 6.91. The maximum absolute atomic E-state index is 4.87. The highest BCUT2D eigenvalue weighted by atomic mass is 79.9. The van der Waals surface area contributed by atoms with Crippen LogP contribution in [0.25, 0.3) is 10.6 Å². The summed E-state index contributed by atoms with van der Waals surface area (Å²) in [6.45, 7) is 2.15. The molecule has 100 valence electrons. The molecule has 1 aliphatic rings. The Labute approximate surface area is 126 Å². The first-order valence-electron chi connectivity index (χ1n) is 6.62. The first-order valence-corrected chi connectivity index (χ1v) is 8.23. The van der Waals surface area contributed by atoms with Crippen LogP contribution in [0.1, 0.15) is 35.0 Å². The fraction of sp³-hybridized carbons (Fsp3) is 0.400. The third kappa shape index (κ3) is 2.49. The van der Waals surface area contributed by atoms with Gasteiger partial charge in [-0.1, -0.05) is 22.0 Å². The van der Waals surface area contributed by atoms with E-state index in [1.54, 1.807) is 0 Å². The van der Waals surface area contributed by atoms with Crippen LogP contribution in [0, 0.1) is 6.92 Å². The van der Waals surface area contributed by atoms with E-state index in [0.717, 1.165) is 15.9 Å². The second kappa shape index (κ2) is 5.35. The molecule has 19 heavy (non-hydrogen) atoms. The normalized spacial score (nSPS) is 18.4. The van der Waals surface area contributed by atoms with Crippen LogP contribution in [0.5, 0.6) is 0 Å². The molecule has 0 radical (unpaired) electrons. The van der Waals surface area contributed by atoms with Gasteiger partial charge in [0.05, 0.1) is 5.69 Å². The Balaban J connectivity index is 2.05. The molecule has 3 rings (SSSR count). The standard InChI is InChI=1S/C15H17BrN2S/c1-9-8-10(16)6-7-11(9)15-18-13-5-3-4-12(17-2)14(13)19-15/h6-8,12,17H,3-5H2,1-2H3. The molecule has 4 heteroatoms. The largest absolute Gasteiger partial charge is 0.312 e. The lowest BCUT2D eigenvalue weighted by atomic mass is 9.98. The van der Waals surface area contributed by atoms with Gasteiger partial charge in [0.2, 0.25) is 0 Å². The average Bonchev–Trinajstić information content (AvgIpc) is 2.81. The number of rotatable bonds is 2. The summed E-state index contributed by atoms with van der Waals surface area (Å²) < 4.78 is 1.13. The molecule has 0 saturated carbocycles. The summed E-state index contributed by atoms with van der Waals surface area (Å²) in [6.07, 6.45) is 3.59. The van der Waals surface area contributed by atoms with Crippen molar-refractivity contribution in [3.63, 3.8) is 0 Å². The van der Waals surface area contributed by atoms with E-state index in [9.17, 15) is 0 Å². The molecule has 1 atom stereocenters. The number of benzene rings is 1. The van der Waals surface area contributed by atoms with Crippen LogP contribution in [0.15, 0.2) is 22.7 Å². The van der Waals surface area contributed by atoms with Crippen molar-refractivity contribution in [2.75, 3.05) is 7.05 Å². The van der Waals surface area contributed by atoms with Crippen LogP contribution in [0.2, 0.25) is 0 Å². The highest BCUT2D eigenvalue weighted by molar-refractivity contribution is 9.10. The van der Waals surface area contributed by atoms with E-state index < -0.39 is 0 Å². The third-order valence-corrected chi connectivity index (χ3v) is 5.46. The molecule has 0 fully saturated rings. The van der Waals surface area contributed by atoms with Gasteiger partial charge in [0.1, 0.15) is 5.01 Å². The van der Waals surface area contributed by atoms with E-state index in [0.29, 0.717) is 6.04 Å². The zero-order valence-corrected chi connectivity index (χ0v) is 13.6. The Kier molecular flexibility index (Phi) is 3.74. The van der Waals surface area contributed by atoms with Crippen molar-refractivity contribution in [3.8, 4) is 10.6 Å². The molecule has 0 bridgehead atoms. The minimum atomic E-state index is 0.491. The van der Waals surface area contributed by atoms with E-state index in [-0.39, 0.29) is 0 Å². The third-order valence-electron chi connectivity index (χ3n) is 3.72. The molecule has 1 unspecified atom stereocenters. The number of nitrogens with one attached hydrogen (secondary N) is 1. The summed E-state index contributed by atoms with van der Waals surface area (Å²) in [5.74, 6) is 0. The van der Waals surface area contributed by atoms with E-state index >= 15 is 0 Å². The first-order chi connectivity index (χ1) is 9.19. The zero-order chi connectivity index (χ0) is 13.4. The van der Waals surface area contributed by atoms with Crippen LogP contribution in [0.3, 0.4) is 0 Å². The predicted octanol–water partition coefficient (Wildman–Crippen LogP) is 4.48. The molecule has 1 aliphatic carbocycles. The van der Waals surface area contributed by atoms with Crippen LogP contribution in [0.4, 0.5) is 0 Å². The van der Waals surface area contributed by atoms with Gasteiger partial charge in [-0.05, 0) is 50.9 Å². The summed E-state index contributed by atoms with van der Waals surface area (Å²) in [7, 11) is 2.05. The van der Waals surface area contributed by atoms with Crippen LogP contribution in [-0.2, 0) is 6.42 Å². The lowest BCUT2D eigenvalue weighted by molar-refractivity contribution is 0.501. The van der Waals surface area contributed by atoms with Crippen molar-refractivity contribution in [2.24, 2.45) is 0 Å². The highest BCUT2D eigenvalue weighted by Crippen LogP contribution is 2.38. The van der Waals surface area contributed by atoms with Gasteiger partial charge < -0.3 is 5.32 Å². The Morgan fingerprint density at radius 3 is 3.00 bits per heavy atom. The predicted molar refractivity (Wildman–Crippen MR) is 84.7 cm³/mol. The van der Waals surface area contributed by atoms with Crippen LogP contribution in [-0.4, -0.2) is 12.0 Å². The zero-order valence-electron chi connectivity index (χ0n) is 11.2. The van der Waals surface area contributed by atoms with E-state index in [1.807, 2.05) is 18.4 Å². The van der Waals surface area contributed by atoms with Gasteiger partial charge in [-0.2, -0.15) is 0 Å². The monoisotopic (exact) mass is 336 g/mol. The molecule has 1 heterocycles. The van der Waals surface area contributed by atoms with E-state index in [1.165, 1.54) is 34.5 Å². The lowest BCUT2D eigenvalue weighted by Gasteiger charge is -2.19. The first kappa shape index (κ1) is 13.3. The maximum Gasteiger partial charge on any atom is 0.124 e. The minimum absolute atomic E-state index is 0.491. The van der Waals surface area contributed by atoms with Crippen molar-refractivity contribution >= 4 is 27.3 Å². The second-order valence-corrected chi connectivity index (χ2v) is 6.97. The second-order valence-electron chi connectivity index (χ2n) is 5.02. The van der Waals surface area contributed by atoms with Gasteiger partial charge in [0.25, 0.3) is 0 Å². The van der Waals surface area contributed by atoms with Gasteiger partial charge >= 0.3 is 0 Å². The molecule has 0 saturated heterocycles. The van der Waals surface area contributed by atoms with E-state index in [2.05, 4.69) is 46.4 Å². The molecule has 0 amide bonds. The molecule has 1 N–H and O–H groups in total. The smallest absolute Gasteiger partial charge is 0.124 e. The van der Waals surface area contributed by atoms with Crippen molar-refractivity contribution < 1.29 is 0 Å². The van der Waals surface area contributed by atoms with Gasteiger partial charge in [0, 0.05) is 21.0 Å². The molecule has 0 spiro atoms. The van der Waals surface area contributed by atoms with Gasteiger partial charge in [-0.25, -0.2) is 4.98 Å². The fourth-order valence-corrected chi connectivity index (χ4v) is 4.50. The molecule has 2 nitrogen and oxygen atoms in total. The SMILES string of the molecule is CNC1CCCc2nc(-c3ccc(Br)cc3C)sc21. The highest BCUT2D eigenvalue weighted by Gasteiger charge is 2.24. The molecule has 0 aliphatic heterocycles. The summed E-state index contributed by atoms with van der Waals surface area (Å²) >= 11 is 5.37. The van der Waals surface area contributed by atoms with E-state index in [4.69, 9.17) is 4.98 Å². The average molecular weight is 337 g/mol. The van der Waals surface area contributed by atoms with Crippen LogP contribution < -0.4 is 5.32 Å². The van der Waals surface area contributed by atoms with Gasteiger partial charge in [-0.15, -0.1) is 11.3 Å². The number of halogens is 1. The van der Waals surface area contributed by atoms with Crippen molar-refractivity contribution in [2.45, 2.75) is 32.2 Å². The molecule has 1 aromatic heterocycles. The maximum atomic E-state index is 4.87. The molecule has 2 aromatic rings.